The molecule has 0 unspecified atom stereocenters. The van der Waals surface area contributed by atoms with Gasteiger partial charge in [-0.1, -0.05) is 0 Å². The molecule has 0 spiro atoms. The molecular weight excluding hydrogens is 283 g/mol. The number of benzene rings is 1. The first kappa shape index (κ1) is 15.2. The first-order valence-electron chi connectivity index (χ1n) is 6.33. The summed E-state index contributed by atoms with van der Waals surface area (Å²) in [5.74, 6) is -0.615. The van der Waals surface area contributed by atoms with Crippen LogP contribution in [-0.4, -0.2) is 38.0 Å². The van der Waals surface area contributed by atoms with Crippen molar-refractivity contribution in [3.63, 3.8) is 0 Å². The number of anilines is 1. The Morgan fingerprint density at radius 3 is 2.65 bits per heavy atom. The van der Waals surface area contributed by atoms with E-state index in [1.165, 1.54) is 17.3 Å². The van der Waals surface area contributed by atoms with Crippen LogP contribution in [0.5, 0.6) is 0 Å². The minimum Gasteiger partial charge on any atom is -0.399 e. The fraction of sp³-hybridized carbons (Fsp3) is 0.538. The van der Waals surface area contributed by atoms with Crippen LogP contribution in [0.4, 0.5) is 10.1 Å². The van der Waals surface area contributed by atoms with Crippen molar-refractivity contribution in [2.45, 2.75) is 31.3 Å². The van der Waals surface area contributed by atoms with Crippen molar-refractivity contribution in [2.75, 3.05) is 25.4 Å². The minimum absolute atomic E-state index is 0.0762. The average molecular weight is 302 g/mol. The molecule has 0 amide bonds. The molecule has 112 valence electrons. The van der Waals surface area contributed by atoms with Crippen molar-refractivity contribution in [1.82, 2.24) is 4.31 Å². The molecule has 1 aliphatic heterocycles. The fourth-order valence-electron chi connectivity index (χ4n) is 2.26. The Morgan fingerprint density at radius 1 is 1.40 bits per heavy atom. The van der Waals surface area contributed by atoms with E-state index in [1.807, 2.05) is 13.8 Å². The van der Waals surface area contributed by atoms with Crippen LogP contribution in [0.15, 0.2) is 17.0 Å². The van der Waals surface area contributed by atoms with Gasteiger partial charge in [-0.15, -0.1) is 0 Å². The second-order valence-electron chi connectivity index (χ2n) is 5.57. The summed E-state index contributed by atoms with van der Waals surface area (Å²) >= 11 is 0. The molecule has 0 radical (unpaired) electrons. The maximum atomic E-state index is 13.7. The molecule has 1 fully saturated rings. The zero-order valence-corrected chi connectivity index (χ0v) is 12.6. The topological polar surface area (TPSA) is 72.6 Å². The third-order valence-electron chi connectivity index (χ3n) is 3.33. The summed E-state index contributed by atoms with van der Waals surface area (Å²) in [6, 6.07) is 2.42. The van der Waals surface area contributed by atoms with E-state index in [1.54, 1.807) is 0 Å². The smallest absolute Gasteiger partial charge is 0.243 e. The molecule has 0 aliphatic carbocycles. The van der Waals surface area contributed by atoms with Crippen LogP contribution in [0, 0.1) is 12.7 Å². The molecule has 1 heterocycles. The van der Waals surface area contributed by atoms with E-state index in [4.69, 9.17) is 10.5 Å². The van der Waals surface area contributed by atoms with E-state index in [0.717, 1.165) is 6.07 Å². The molecule has 1 aromatic rings. The van der Waals surface area contributed by atoms with Gasteiger partial charge < -0.3 is 10.5 Å². The zero-order valence-electron chi connectivity index (χ0n) is 11.8. The Kier molecular flexibility index (Phi) is 3.79. The lowest BCUT2D eigenvalue weighted by molar-refractivity contribution is -0.0640. The Bertz CT molecular complexity index is 629. The standard InChI is InChI=1S/C13H19FN2O3S/c1-9-11(14)6-10(15)7-12(9)20(17,18)16-4-5-19-13(2,3)8-16/h6-7H,4-5,8,15H2,1-3H3. The van der Waals surface area contributed by atoms with Crippen molar-refractivity contribution >= 4 is 15.7 Å². The van der Waals surface area contributed by atoms with Crippen molar-refractivity contribution < 1.29 is 17.5 Å². The molecule has 0 saturated carbocycles. The maximum Gasteiger partial charge on any atom is 0.243 e. The second kappa shape index (κ2) is 4.98. The van der Waals surface area contributed by atoms with Crippen LogP contribution in [0.2, 0.25) is 0 Å². The highest BCUT2D eigenvalue weighted by molar-refractivity contribution is 7.89. The molecule has 1 aromatic carbocycles. The number of nitrogen functional groups attached to an aromatic ring is 1. The number of rotatable bonds is 2. The lowest BCUT2D eigenvalue weighted by Crippen LogP contribution is -2.50. The number of sulfonamides is 1. The third kappa shape index (κ3) is 2.79. The van der Waals surface area contributed by atoms with Crippen molar-refractivity contribution in [1.29, 1.82) is 0 Å². The first-order chi connectivity index (χ1) is 9.13. The highest BCUT2D eigenvalue weighted by Gasteiger charge is 2.36. The maximum absolute atomic E-state index is 13.7. The van der Waals surface area contributed by atoms with Crippen molar-refractivity contribution in [3.05, 3.63) is 23.5 Å². The molecule has 0 atom stereocenters. The lowest BCUT2D eigenvalue weighted by atomic mass is 10.1. The Morgan fingerprint density at radius 2 is 2.05 bits per heavy atom. The van der Waals surface area contributed by atoms with E-state index in [0.29, 0.717) is 6.61 Å². The highest BCUT2D eigenvalue weighted by atomic mass is 32.2. The van der Waals surface area contributed by atoms with Crippen LogP contribution in [-0.2, 0) is 14.8 Å². The molecule has 7 heteroatoms. The molecule has 5 nitrogen and oxygen atoms in total. The molecule has 0 bridgehead atoms. The van der Waals surface area contributed by atoms with Gasteiger partial charge in [0.05, 0.1) is 17.1 Å². The number of halogens is 1. The van der Waals surface area contributed by atoms with Gasteiger partial charge in [-0.2, -0.15) is 4.31 Å². The van der Waals surface area contributed by atoms with Gasteiger partial charge in [0.2, 0.25) is 10.0 Å². The Hall–Kier alpha value is -1.18. The third-order valence-corrected chi connectivity index (χ3v) is 5.30. The van der Waals surface area contributed by atoms with Crippen molar-refractivity contribution in [2.24, 2.45) is 0 Å². The average Bonchev–Trinajstić information content (AvgIpc) is 2.32. The van der Waals surface area contributed by atoms with Crippen LogP contribution >= 0.6 is 0 Å². The van der Waals surface area contributed by atoms with Gasteiger partial charge >= 0.3 is 0 Å². The Labute approximate surface area is 118 Å². The van der Waals surface area contributed by atoms with Crippen molar-refractivity contribution in [3.8, 4) is 0 Å². The summed E-state index contributed by atoms with van der Waals surface area (Å²) in [7, 11) is -3.78. The Balaban J connectivity index is 2.46. The van der Waals surface area contributed by atoms with Gasteiger partial charge in [0.15, 0.2) is 0 Å². The van der Waals surface area contributed by atoms with Gasteiger partial charge in [0.25, 0.3) is 0 Å². The van der Waals surface area contributed by atoms with E-state index in [9.17, 15) is 12.8 Å². The molecule has 1 aliphatic rings. The summed E-state index contributed by atoms with van der Waals surface area (Å²) in [5.41, 5.74) is 5.19. The molecule has 0 aromatic heterocycles. The molecular formula is C13H19FN2O3S. The predicted molar refractivity (Wildman–Crippen MR) is 74.3 cm³/mol. The molecule has 2 N–H and O–H groups in total. The van der Waals surface area contributed by atoms with Crippen LogP contribution < -0.4 is 5.73 Å². The zero-order chi connectivity index (χ0) is 15.1. The largest absolute Gasteiger partial charge is 0.399 e. The lowest BCUT2D eigenvalue weighted by Gasteiger charge is -2.37. The summed E-state index contributed by atoms with van der Waals surface area (Å²) in [6.07, 6.45) is 0. The number of nitrogens with zero attached hydrogens (tertiary/aromatic N) is 1. The predicted octanol–water partition coefficient (Wildman–Crippen LogP) is 1.52. The van der Waals surface area contributed by atoms with Crippen LogP contribution in [0.1, 0.15) is 19.4 Å². The quantitative estimate of drug-likeness (QED) is 0.841. The summed E-state index contributed by atoms with van der Waals surface area (Å²) in [4.78, 5) is -0.0762. The van der Waals surface area contributed by atoms with Crippen LogP contribution in [0.3, 0.4) is 0 Å². The molecule has 20 heavy (non-hydrogen) atoms. The summed E-state index contributed by atoms with van der Waals surface area (Å²) in [5, 5.41) is 0. The normalized spacial score (nSPS) is 20.0. The van der Waals surface area contributed by atoms with Crippen LogP contribution in [0.25, 0.3) is 0 Å². The SMILES string of the molecule is Cc1c(F)cc(N)cc1S(=O)(=O)N1CCOC(C)(C)C1. The first-order valence-corrected chi connectivity index (χ1v) is 7.77. The fourth-order valence-corrected chi connectivity index (χ4v) is 4.10. The van der Waals surface area contributed by atoms with Gasteiger partial charge in [-0.05, 0) is 32.9 Å². The van der Waals surface area contributed by atoms with Gasteiger partial charge in [0.1, 0.15) is 5.82 Å². The molecule has 2 rings (SSSR count). The van der Waals surface area contributed by atoms with E-state index >= 15 is 0 Å². The molecule has 1 saturated heterocycles. The van der Waals surface area contributed by atoms with E-state index in [2.05, 4.69) is 0 Å². The number of ether oxygens (including phenoxy) is 1. The highest BCUT2D eigenvalue weighted by Crippen LogP contribution is 2.28. The second-order valence-corrected chi connectivity index (χ2v) is 7.48. The minimum atomic E-state index is -3.78. The number of hydrogen-bond donors (Lipinski definition) is 1. The monoisotopic (exact) mass is 302 g/mol. The summed E-state index contributed by atoms with van der Waals surface area (Å²) < 4.78 is 45.8. The number of nitrogens with two attached hydrogens (primary N) is 1. The van der Waals surface area contributed by atoms with Gasteiger partial charge in [-0.3, -0.25) is 0 Å². The van der Waals surface area contributed by atoms with Gasteiger partial charge in [0, 0.05) is 24.3 Å². The summed E-state index contributed by atoms with van der Waals surface area (Å²) in [6.45, 7) is 5.87. The number of morpholine rings is 1. The van der Waals surface area contributed by atoms with E-state index in [-0.39, 0.29) is 29.2 Å². The number of hydrogen-bond acceptors (Lipinski definition) is 4. The van der Waals surface area contributed by atoms with E-state index < -0.39 is 21.4 Å². The van der Waals surface area contributed by atoms with Gasteiger partial charge in [-0.25, -0.2) is 12.8 Å².